The Hall–Kier alpha value is -4.21. The van der Waals surface area contributed by atoms with Crippen LogP contribution in [0.25, 0.3) is 11.1 Å². The molecule has 0 fully saturated rings. The second-order valence-corrected chi connectivity index (χ2v) is 8.15. The quantitative estimate of drug-likeness (QED) is 0.467. The Labute approximate surface area is 196 Å². The van der Waals surface area contributed by atoms with Crippen LogP contribution in [-0.2, 0) is 21.4 Å². The van der Waals surface area contributed by atoms with E-state index in [0.717, 1.165) is 22.3 Å². The van der Waals surface area contributed by atoms with Crippen LogP contribution in [0.4, 0.5) is 4.79 Å². The summed E-state index contributed by atoms with van der Waals surface area (Å²) in [5.74, 6) is -1.55. The molecule has 3 aromatic rings. The van der Waals surface area contributed by atoms with Gasteiger partial charge in [0.15, 0.2) is 5.82 Å². The van der Waals surface area contributed by atoms with E-state index >= 15 is 0 Å². The van der Waals surface area contributed by atoms with Gasteiger partial charge < -0.3 is 25.0 Å². The van der Waals surface area contributed by atoms with Gasteiger partial charge in [-0.05, 0) is 29.2 Å². The summed E-state index contributed by atoms with van der Waals surface area (Å²) < 4.78 is 7.08. The molecule has 10 heteroatoms. The minimum absolute atomic E-state index is 0.0522. The van der Waals surface area contributed by atoms with E-state index in [2.05, 4.69) is 20.8 Å². The fourth-order valence-electron chi connectivity index (χ4n) is 4.23. The van der Waals surface area contributed by atoms with Crippen LogP contribution in [0.3, 0.4) is 0 Å². The van der Waals surface area contributed by atoms with Crippen molar-refractivity contribution < 1.29 is 24.2 Å². The molecule has 2 amide bonds. The maximum atomic E-state index is 12.7. The van der Waals surface area contributed by atoms with Gasteiger partial charge in [-0.25, -0.2) is 4.79 Å². The molecule has 4 rings (SSSR count). The van der Waals surface area contributed by atoms with Crippen molar-refractivity contribution in [1.29, 1.82) is 0 Å². The van der Waals surface area contributed by atoms with E-state index in [0.29, 0.717) is 5.82 Å². The number of alkyl carbamates (subject to hydrolysis) is 1. The van der Waals surface area contributed by atoms with Gasteiger partial charge >= 0.3 is 12.1 Å². The van der Waals surface area contributed by atoms with Crippen LogP contribution in [0.15, 0.2) is 54.9 Å². The average molecular weight is 463 g/mol. The van der Waals surface area contributed by atoms with Crippen molar-refractivity contribution in [3.8, 4) is 11.1 Å². The molecular formula is C24H25N5O5. The highest BCUT2D eigenvalue weighted by Crippen LogP contribution is 2.44. The molecule has 176 valence electrons. The van der Waals surface area contributed by atoms with Crippen molar-refractivity contribution in [2.24, 2.45) is 7.05 Å². The number of amides is 2. The lowest BCUT2D eigenvalue weighted by molar-refractivity contribution is -0.140. The average Bonchev–Trinajstić information content (AvgIpc) is 3.38. The zero-order valence-electron chi connectivity index (χ0n) is 18.8. The second-order valence-electron chi connectivity index (χ2n) is 8.15. The molecule has 34 heavy (non-hydrogen) atoms. The number of nitrogens with one attached hydrogen (secondary N) is 2. The molecule has 1 heterocycles. The summed E-state index contributed by atoms with van der Waals surface area (Å²) in [6.07, 6.45) is 0.0259. The van der Waals surface area contributed by atoms with E-state index in [4.69, 9.17) is 4.74 Å². The summed E-state index contributed by atoms with van der Waals surface area (Å²) in [4.78, 5) is 36.6. The van der Waals surface area contributed by atoms with Gasteiger partial charge in [0.05, 0.1) is 12.5 Å². The van der Waals surface area contributed by atoms with Gasteiger partial charge in [-0.15, -0.1) is 10.2 Å². The zero-order valence-corrected chi connectivity index (χ0v) is 18.8. The molecule has 0 aliphatic heterocycles. The Morgan fingerprint density at radius 2 is 1.68 bits per heavy atom. The van der Waals surface area contributed by atoms with Crippen molar-refractivity contribution in [1.82, 2.24) is 25.4 Å². The van der Waals surface area contributed by atoms with E-state index in [1.165, 1.54) is 6.33 Å². The van der Waals surface area contributed by atoms with Gasteiger partial charge in [-0.2, -0.15) is 0 Å². The van der Waals surface area contributed by atoms with E-state index in [1.807, 2.05) is 48.5 Å². The van der Waals surface area contributed by atoms with E-state index in [9.17, 15) is 19.5 Å². The number of aromatic nitrogens is 3. The van der Waals surface area contributed by atoms with Gasteiger partial charge in [0.25, 0.3) is 0 Å². The van der Waals surface area contributed by atoms with Crippen molar-refractivity contribution >= 4 is 18.0 Å². The predicted molar refractivity (Wildman–Crippen MR) is 122 cm³/mol. The number of aryl methyl sites for hydroxylation is 1. The highest BCUT2D eigenvalue weighted by atomic mass is 16.5. The molecule has 3 N–H and O–H groups in total. The molecule has 0 saturated heterocycles. The second kappa shape index (κ2) is 9.74. The SMILES string of the molecule is CC(NC(=O)C(CC(=O)O)NC(=O)OCC1c2ccccc2-c2ccccc21)c1nncn1C. The molecule has 2 atom stereocenters. The fourth-order valence-corrected chi connectivity index (χ4v) is 4.23. The first-order valence-electron chi connectivity index (χ1n) is 10.8. The summed E-state index contributed by atoms with van der Waals surface area (Å²) in [5.41, 5.74) is 4.28. The summed E-state index contributed by atoms with van der Waals surface area (Å²) in [5, 5.41) is 22.0. The maximum absolute atomic E-state index is 12.7. The lowest BCUT2D eigenvalue weighted by Gasteiger charge is -2.20. The van der Waals surface area contributed by atoms with Crippen LogP contribution in [0, 0.1) is 0 Å². The van der Waals surface area contributed by atoms with Gasteiger partial charge in [-0.3, -0.25) is 9.59 Å². The third kappa shape index (κ3) is 4.75. The molecule has 0 bridgehead atoms. The van der Waals surface area contributed by atoms with Crippen molar-refractivity contribution in [3.63, 3.8) is 0 Å². The number of rotatable bonds is 8. The number of nitrogens with zero attached hydrogens (tertiary/aromatic N) is 3. The Bertz CT molecular complexity index is 1180. The van der Waals surface area contributed by atoms with Crippen LogP contribution in [-0.4, -0.2) is 50.5 Å². The number of aliphatic carboxylic acids is 1. The number of carboxylic acid groups (broad SMARTS) is 1. The van der Waals surface area contributed by atoms with Crippen molar-refractivity contribution in [3.05, 3.63) is 71.8 Å². The van der Waals surface area contributed by atoms with E-state index in [1.54, 1.807) is 18.5 Å². The summed E-state index contributed by atoms with van der Waals surface area (Å²) in [7, 11) is 1.72. The van der Waals surface area contributed by atoms with Crippen LogP contribution >= 0.6 is 0 Å². The number of hydrogen-bond acceptors (Lipinski definition) is 6. The van der Waals surface area contributed by atoms with Crippen molar-refractivity contribution in [2.45, 2.75) is 31.3 Å². The summed E-state index contributed by atoms with van der Waals surface area (Å²) >= 11 is 0. The number of hydrogen-bond donors (Lipinski definition) is 3. The number of ether oxygens (including phenoxy) is 1. The number of carboxylic acids is 1. The minimum Gasteiger partial charge on any atom is -0.481 e. The molecule has 10 nitrogen and oxygen atoms in total. The Kier molecular flexibility index (Phi) is 6.58. The Morgan fingerprint density at radius 3 is 2.24 bits per heavy atom. The number of fused-ring (bicyclic) bond motifs is 3. The molecule has 0 saturated carbocycles. The normalized spacial score (nSPS) is 13.9. The van der Waals surface area contributed by atoms with Crippen LogP contribution in [0.5, 0.6) is 0 Å². The minimum atomic E-state index is -1.32. The Morgan fingerprint density at radius 1 is 1.06 bits per heavy atom. The topological polar surface area (TPSA) is 135 Å². The molecule has 1 aromatic heterocycles. The largest absolute Gasteiger partial charge is 0.481 e. The third-order valence-corrected chi connectivity index (χ3v) is 5.82. The monoisotopic (exact) mass is 463 g/mol. The first kappa shape index (κ1) is 23.0. The predicted octanol–water partition coefficient (Wildman–Crippen LogP) is 2.37. The number of carbonyl (C=O) groups excluding carboxylic acids is 2. The van der Waals surface area contributed by atoms with Gasteiger partial charge in [-0.1, -0.05) is 48.5 Å². The van der Waals surface area contributed by atoms with E-state index in [-0.39, 0.29) is 12.5 Å². The number of benzene rings is 2. The lowest BCUT2D eigenvalue weighted by Crippen LogP contribution is -2.48. The maximum Gasteiger partial charge on any atom is 0.407 e. The smallest absolute Gasteiger partial charge is 0.407 e. The molecule has 2 unspecified atom stereocenters. The first-order valence-corrected chi connectivity index (χ1v) is 10.8. The lowest BCUT2D eigenvalue weighted by atomic mass is 9.98. The molecule has 1 aliphatic carbocycles. The molecule has 0 spiro atoms. The third-order valence-electron chi connectivity index (χ3n) is 5.82. The Balaban J connectivity index is 1.41. The fraction of sp³-hybridized carbons (Fsp3) is 0.292. The van der Waals surface area contributed by atoms with E-state index < -0.39 is 36.5 Å². The standard InChI is InChI=1S/C24H25N5O5/c1-14(22-28-25-13-29(22)2)26-23(32)20(11-21(30)31)27-24(33)34-12-19-17-9-5-3-7-15(17)16-8-4-6-10-18(16)19/h3-10,13-14,19-20H,11-12H2,1-2H3,(H,26,32)(H,27,33)(H,30,31). The highest BCUT2D eigenvalue weighted by Gasteiger charge is 2.30. The van der Waals surface area contributed by atoms with Gasteiger partial charge in [0.2, 0.25) is 5.91 Å². The van der Waals surface area contributed by atoms with Gasteiger partial charge in [0, 0.05) is 13.0 Å². The molecule has 0 radical (unpaired) electrons. The van der Waals surface area contributed by atoms with Crippen LogP contribution in [0.2, 0.25) is 0 Å². The summed E-state index contributed by atoms with van der Waals surface area (Å²) in [6.45, 7) is 1.74. The van der Waals surface area contributed by atoms with Crippen LogP contribution < -0.4 is 10.6 Å². The zero-order chi connectivity index (χ0) is 24.2. The summed E-state index contributed by atoms with van der Waals surface area (Å²) in [6, 6.07) is 14.0. The molecule has 1 aliphatic rings. The van der Waals surface area contributed by atoms with Gasteiger partial charge in [0.1, 0.15) is 19.0 Å². The first-order chi connectivity index (χ1) is 16.3. The highest BCUT2D eigenvalue weighted by molar-refractivity contribution is 5.89. The molecular weight excluding hydrogens is 438 g/mol. The molecule has 2 aromatic carbocycles. The van der Waals surface area contributed by atoms with Crippen LogP contribution in [0.1, 0.15) is 42.3 Å². The van der Waals surface area contributed by atoms with Crippen molar-refractivity contribution in [2.75, 3.05) is 6.61 Å². The number of carbonyl (C=O) groups is 3.